The zero-order valence-electron chi connectivity index (χ0n) is 14.3. The van der Waals surface area contributed by atoms with Gasteiger partial charge in [-0.1, -0.05) is 36.0 Å². The van der Waals surface area contributed by atoms with E-state index in [1.165, 1.54) is 21.7 Å². The number of rotatable bonds is 3. The van der Waals surface area contributed by atoms with Crippen molar-refractivity contribution in [1.29, 1.82) is 0 Å². The lowest BCUT2D eigenvalue weighted by molar-refractivity contribution is 0.102. The summed E-state index contributed by atoms with van der Waals surface area (Å²) < 4.78 is 0. The van der Waals surface area contributed by atoms with Crippen molar-refractivity contribution in [2.24, 2.45) is 0 Å². The average molecular weight is 361 g/mol. The fourth-order valence-corrected chi connectivity index (χ4v) is 4.16. The van der Waals surface area contributed by atoms with E-state index in [4.69, 9.17) is 5.73 Å². The summed E-state index contributed by atoms with van der Waals surface area (Å²) in [6.45, 7) is 2.10. The van der Waals surface area contributed by atoms with E-state index in [1.54, 1.807) is 24.3 Å². The minimum atomic E-state index is -0.165. The number of hydrogen-bond donors (Lipinski definition) is 3. The van der Waals surface area contributed by atoms with Crippen LogP contribution in [0.2, 0.25) is 0 Å². The van der Waals surface area contributed by atoms with Gasteiger partial charge in [0, 0.05) is 27.5 Å². The van der Waals surface area contributed by atoms with E-state index < -0.39 is 0 Å². The highest BCUT2D eigenvalue weighted by Gasteiger charge is 2.22. The molecule has 0 radical (unpaired) electrons. The van der Waals surface area contributed by atoms with E-state index in [1.807, 2.05) is 36.0 Å². The van der Waals surface area contributed by atoms with Crippen molar-refractivity contribution in [3.63, 3.8) is 0 Å². The third-order valence-corrected chi connectivity index (χ3v) is 5.51. The number of nitrogens with one attached hydrogen (secondary N) is 2. The Morgan fingerprint density at radius 3 is 2.65 bits per heavy atom. The van der Waals surface area contributed by atoms with E-state index in [2.05, 4.69) is 35.8 Å². The Morgan fingerprint density at radius 1 is 1.08 bits per heavy atom. The molecule has 0 aromatic heterocycles. The van der Waals surface area contributed by atoms with E-state index in [0.717, 1.165) is 5.69 Å². The Balaban J connectivity index is 1.45. The summed E-state index contributed by atoms with van der Waals surface area (Å²) in [5.74, 6) is -0.165. The van der Waals surface area contributed by atoms with Gasteiger partial charge >= 0.3 is 0 Å². The highest BCUT2D eigenvalue weighted by molar-refractivity contribution is 8.00. The van der Waals surface area contributed by atoms with E-state index in [-0.39, 0.29) is 11.3 Å². The van der Waals surface area contributed by atoms with Gasteiger partial charge in [0.25, 0.3) is 5.91 Å². The molecule has 1 atom stereocenters. The topological polar surface area (TPSA) is 67.2 Å². The van der Waals surface area contributed by atoms with Crippen LogP contribution in [0, 0.1) is 6.92 Å². The Kier molecular flexibility index (Phi) is 4.31. The van der Waals surface area contributed by atoms with Crippen LogP contribution in [0.15, 0.2) is 71.6 Å². The van der Waals surface area contributed by atoms with Crippen LogP contribution in [0.4, 0.5) is 17.1 Å². The van der Waals surface area contributed by atoms with Gasteiger partial charge in [0.1, 0.15) is 5.37 Å². The highest BCUT2D eigenvalue weighted by Crippen LogP contribution is 2.46. The normalized spacial score (nSPS) is 15.2. The number of nitrogen functional groups attached to an aromatic ring is 1. The Hall–Kier alpha value is -2.92. The summed E-state index contributed by atoms with van der Waals surface area (Å²) in [5, 5.41) is 6.62. The molecule has 1 heterocycles. The Labute approximate surface area is 156 Å². The number of carbonyl (C=O) groups is 1. The molecular formula is C21H19N3OS. The van der Waals surface area contributed by atoms with Crippen molar-refractivity contribution in [3.8, 4) is 0 Å². The molecule has 4 N–H and O–H groups in total. The molecule has 5 heteroatoms. The van der Waals surface area contributed by atoms with Crippen molar-refractivity contribution in [2.75, 3.05) is 16.4 Å². The van der Waals surface area contributed by atoms with Crippen LogP contribution in [0.5, 0.6) is 0 Å². The molecule has 0 saturated carbocycles. The molecule has 1 aliphatic heterocycles. The monoisotopic (exact) mass is 361 g/mol. The molecule has 4 rings (SSSR count). The summed E-state index contributed by atoms with van der Waals surface area (Å²) in [4.78, 5) is 13.6. The molecule has 3 aromatic carbocycles. The zero-order chi connectivity index (χ0) is 18.1. The molecule has 1 unspecified atom stereocenters. The van der Waals surface area contributed by atoms with Crippen molar-refractivity contribution >= 4 is 34.7 Å². The summed E-state index contributed by atoms with van der Waals surface area (Å²) in [6, 6.07) is 21.3. The molecule has 130 valence electrons. The maximum Gasteiger partial charge on any atom is 0.255 e. The number of fused-ring (bicyclic) bond motifs is 1. The molecule has 0 saturated heterocycles. The van der Waals surface area contributed by atoms with Gasteiger partial charge in [-0.15, -0.1) is 0 Å². The van der Waals surface area contributed by atoms with Gasteiger partial charge in [-0.25, -0.2) is 0 Å². The van der Waals surface area contributed by atoms with Gasteiger partial charge in [-0.05, 0) is 60.5 Å². The van der Waals surface area contributed by atoms with Crippen LogP contribution in [0.3, 0.4) is 0 Å². The number of anilines is 3. The van der Waals surface area contributed by atoms with Crippen LogP contribution in [-0.2, 0) is 0 Å². The van der Waals surface area contributed by atoms with Gasteiger partial charge in [0.15, 0.2) is 0 Å². The molecule has 1 aliphatic rings. The Morgan fingerprint density at radius 2 is 1.88 bits per heavy atom. The first-order chi connectivity index (χ1) is 12.6. The molecule has 1 amide bonds. The van der Waals surface area contributed by atoms with Gasteiger partial charge in [0.2, 0.25) is 0 Å². The maximum atomic E-state index is 12.3. The van der Waals surface area contributed by atoms with Gasteiger partial charge in [0.05, 0.1) is 0 Å². The van der Waals surface area contributed by atoms with Crippen LogP contribution >= 0.6 is 11.8 Å². The van der Waals surface area contributed by atoms with E-state index in [9.17, 15) is 4.79 Å². The quantitative estimate of drug-likeness (QED) is 0.571. The van der Waals surface area contributed by atoms with Crippen molar-refractivity contribution < 1.29 is 4.79 Å². The number of thioether (sulfide) groups is 1. The summed E-state index contributed by atoms with van der Waals surface area (Å²) >= 11 is 1.81. The van der Waals surface area contributed by atoms with E-state index >= 15 is 0 Å². The Bertz CT molecular complexity index is 969. The first kappa shape index (κ1) is 16.5. The fourth-order valence-electron chi connectivity index (χ4n) is 2.92. The minimum Gasteiger partial charge on any atom is -0.399 e. The number of nitrogens with two attached hydrogens (primary N) is 1. The number of amides is 1. The molecule has 0 aliphatic carbocycles. The molecular weight excluding hydrogens is 342 g/mol. The number of hydrogen-bond acceptors (Lipinski definition) is 4. The van der Waals surface area contributed by atoms with Gasteiger partial charge in [-0.2, -0.15) is 0 Å². The minimum absolute atomic E-state index is 0.165. The second-order valence-electron chi connectivity index (χ2n) is 6.34. The summed E-state index contributed by atoms with van der Waals surface area (Å²) in [7, 11) is 0. The lowest BCUT2D eigenvalue weighted by Gasteiger charge is -2.12. The molecule has 4 nitrogen and oxygen atoms in total. The molecule has 0 fully saturated rings. The molecule has 0 spiro atoms. The largest absolute Gasteiger partial charge is 0.399 e. The number of benzene rings is 3. The fraction of sp³-hybridized carbons (Fsp3) is 0.0952. The van der Waals surface area contributed by atoms with Crippen molar-refractivity contribution in [2.45, 2.75) is 17.2 Å². The zero-order valence-corrected chi connectivity index (χ0v) is 15.1. The summed E-state index contributed by atoms with van der Waals surface area (Å²) in [5.41, 5.74) is 11.2. The van der Waals surface area contributed by atoms with Crippen LogP contribution < -0.4 is 16.4 Å². The highest BCUT2D eigenvalue weighted by atomic mass is 32.2. The summed E-state index contributed by atoms with van der Waals surface area (Å²) in [6.07, 6.45) is 0. The van der Waals surface area contributed by atoms with Crippen molar-refractivity contribution in [3.05, 3.63) is 83.4 Å². The lowest BCUT2D eigenvalue weighted by Crippen LogP contribution is -2.12. The first-order valence-corrected chi connectivity index (χ1v) is 9.27. The van der Waals surface area contributed by atoms with Gasteiger partial charge in [-0.3, -0.25) is 4.79 Å². The molecule has 26 heavy (non-hydrogen) atoms. The third kappa shape index (κ3) is 3.39. The van der Waals surface area contributed by atoms with Crippen LogP contribution in [0.25, 0.3) is 0 Å². The molecule has 0 bridgehead atoms. The predicted octanol–water partition coefficient (Wildman–Crippen LogP) is 5.05. The van der Waals surface area contributed by atoms with E-state index in [0.29, 0.717) is 11.3 Å². The molecule has 3 aromatic rings. The maximum absolute atomic E-state index is 12.3. The predicted molar refractivity (Wildman–Crippen MR) is 109 cm³/mol. The second-order valence-corrected chi connectivity index (χ2v) is 7.49. The van der Waals surface area contributed by atoms with Crippen LogP contribution in [0.1, 0.15) is 26.9 Å². The average Bonchev–Trinajstić information content (AvgIpc) is 3.05. The van der Waals surface area contributed by atoms with Crippen molar-refractivity contribution in [1.82, 2.24) is 0 Å². The SMILES string of the molecule is Cc1ccc2c(c1)SC(c1ccc(NC(=O)c3cccc(N)c3)cc1)N2. The first-order valence-electron chi connectivity index (χ1n) is 8.39. The van der Waals surface area contributed by atoms with Gasteiger partial charge < -0.3 is 16.4 Å². The third-order valence-electron chi connectivity index (χ3n) is 4.29. The second kappa shape index (κ2) is 6.77. The number of aryl methyl sites for hydroxylation is 1. The number of carbonyl (C=O) groups excluding carboxylic acids is 1. The van der Waals surface area contributed by atoms with Crippen LogP contribution in [-0.4, -0.2) is 5.91 Å². The standard InChI is InChI=1S/C21H19N3OS/c1-13-5-10-18-19(11-13)26-21(24-18)14-6-8-17(9-7-14)23-20(25)15-3-2-4-16(22)12-15/h2-12,21,24H,22H2,1H3,(H,23,25). The lowest BCUT2D eigenvalue weighted by atomic mass is 10.1. The smallest absolute Gasteiger partial charge is 0.255 e.